The molecule has 0 spiro atoms. The Morgan fingerprint density at radius 3 is 2.83 bits per heavy atom. The Morgan fingerprint density at radius 2 is 2.17 bits per heavy atom. The van der Waals surface area contributed by atoms with Gasteiger partial charge in [-0.15, -0.1) is 11.3 Å². The number of rotatable bonds is 4. The minimum atomic E-state index is -0.893. The first-order chi connectivity index (χ1) is 11.4. The van der Waals surface area contributed by atoms with Crippen molar-refractivity contribution in [1.82, 2.24) is 9.88 Å². The lowest BCUT2D eigenvalue weighted by molar-refractivity contribution is -0.147. The van der Waals surface area contributed by atoms with E-state index in [4.69, 9.17) is 0 Å². The topological polar surface area (TPSA) is 70.5 Å². The highest BCUT2D eigenvalue weighted by atomic mass is 32.1. The van der Waals surface area contributed by atoms with Gasteiger partial charge in [-0.3, -0.25) is 9.59 Å². The van der Waals surface area contributed by atoms with E-state index in [1.165, 1.54) is 23.6 Å². The van der Waals surface area contributed by atoms with Crippen LogP contribution < -0.4 is 0 Å². The fourth-order valence-electron chi connectivity index (χ4n) is 2.76. The van der Waals surface area contributed by atoms with Crippen LogP contribution in [0.25, 0.3) is 0 Å². The first-order valence-electron chi connectivity index (χ1n) is 7.60. The van der Waals surface area contributed by atoms with E-state index in [-0.39, 0.29) is 18.3 Å². The summed E-state index contributed by atoms with van der Waals surface area (Å²) in [5.74, 6) is -1.39. The van der Waals surface area contributed by atoms with Crippen LogP contribution in [0.2, 0.25) is 0 Å². The molecular formula is C17H17FN2O3S. The second-order valence-electron chi connectivity index (χ2n) is 6.23. The van der Waals surface area contributed by atoms with Crippen molar-refractivity contribution in [3.63, 3.8) is 0 Å². The Kier molecular flexibility index (Phi) is 4.36. The van der Waals surface area contributed by atoms with Crippen LogP contribution in [0.3, 0.4) is 0 Å². The zero-order valence-electron chi connectivity index (χ0n) is 13.2. The predicted octanol–water partition coefficient (Wildman–Crippen LogP) is 2.81. The number of nitrogens with zero attached hydrogens (tertiary/aromatic N) is 2. The Morgan fingerprint density at radius 1 is 1.42 bits per heavy atom. The van der Waals surface area contributed by atoms with E-state index in [2.05, 4.69) is 4.98 Å². The summed E-state index contributed by atoms with van der Waals surface area (Å²) in [6.45, 7) is 2.27. The standard InChI is InChI=1S/C17H17FN2O3S/c1-17(16(22)23)6-7-20(10-17)15(21)13-9-19-14(24-13)8-11-4-2-3-5-12(11)18/h2-5,9H,6-8,10H2,1H3,(H,22,23). The third-order valence-electron chi connectivity index (χ3n) is 4.34. The molecule has 1 N–H and O–H groups in total. The van der Waals surface area contributed by atoms with Crippen molar-refractivity contribution < 1.29 is 19.1 Å². The Hall–Kier alpha value is -2.28. The normalized spacial score (nSPS) is 20.3. The summed E-state index contributed by atoms with van der Waals surface area (Å²) in [6, 6.07) is 6.47. The van der Waals surface area contributed by atoms with Gasteiger partial charge in [0, 0.05) is 19.5 Å². The largest absolute Gasteiger partial charge is 0.481 e. The smallest absolute Gasteiger partial charge is 0.311 e. The van der Waals surface area contributed by atoms with E-state index in [1.54, 1.807) is 30.0 Å². The highest BCUT2D eigenvalue weighted by Gasteiger charge is 2.42. The van der Waals surface area contributed by atoms with E-state index < -0.39 is 11.4 Å². The van der Waals surface area contributed by atoms with Gasteiger partial charge < -0.3 is 10.0 Å². The zero-order valence-corrected chi connectivity index (χ0v) is 14.0. The van der Waals surface area contributed by atoms with Crippen molar-refractivity contribution >= 4 is 23.2 Å². The Labute approximate surface area is 142 Å². The molecule has 1 aliphatic heterocycles. The van der Waals surface area contributed by atoms with Crippen LogP contribution in [0, 0.1) is 11.2 Å². The van der Waals surface area contributed by atoms with Gasteiger partial charge in [-0.05, 0) is 25.0 Å². The van der Waals surface area contributed by atoms with Crippen molar-refractivity contribution in [1.29, 1.82) is 0 Å². The number of hydrogen-bond acceptors (Lipinski definition) is 4. The van der Waals surface area contributed by atoms with Crippen LogP contribution in [0.1, 0.15) is 33.6 Å². The maximum atomic E-state index is 13.7. The lowest BCUT2D eigenvalue weighted by Crippen LogP contribution is -2.34. The summed E-state index contributed by atoms with van der Waals surface area (Å²) in [5.41, 5.74) is -0.360. The van der Waals surface area contributed by atoms with Crippen LogP contribution in [0.5, 0.6) is 0 Å². The van der Waals surface area contributed by atoms with E-state index in [9.17, 15) is 19.1 Å². The molecule has 5 nitrogen and oxygen atoms in total. The van der Waals surface area contributed by atoms with Crippen molar-refractivity contribution in [2.75, 3.05) is 13.1 Å². The number of thiazole rings is 1. The molecule has 1 aromatic heterocycles. The molecule has 2 aromatic rings. The molecule has 1 fully saturated rings. The predicted molar refractivity (Wildman–Crippen MR) is 87.6 cm³/mol. The number of halogens is 1. The minimum absolute atomic E-state index is 0.196. The molecule has 0 radical (unpaired) electrons. The summed E-state index contributed by atoms with van der Waals surface area (Å²) in [6.07, 6.45) is 2.26. The SMILES string of the molecule is CC1(C(=O)O)CCN(C(=O)c2cnc(Cc3ccccc3F)s2)C1. The van der Waals surface area contributed by atoms with Crippen molar-refractivity contribution in [3.05, 3.63) is 51.7 Å². The van der Waals surface area contributed by atoms with Crippen LogP contribution in [0.4, 0.5) is 4.39 Å². The van der Waals surface area contributed by atoms with Gasteiger partial charge in [-0.25, -0.2) is 9.37 Å². The average Bonchev–Trinajstić information content (AvgIpc) is 3.17. The van der Waals surface area contributed by atoms with Crippen LogP contribution in [-0.4, -0.2) is 40.0 Å². The Balaban J connectivity index is 1.71. The van der Waals surface area contributed by atoms with E-state index in [0.29, 0.717) is 34.8 Å². The van der Waals surface area contributed by atoms with E-state index in [0.717, 1.165) is 0 Å². The highest BCUT2D eigenvalue weighted by molar-refractivity contribution is 7.13. The fraction of sp³-hybridized carbons (Fsp3) is 0.353. The van der Waals surface area contributed by atoms with E-state index >= 15 is 0 Å². The van der Waals surface area contributed by atoms with Crippen LogP contribution in [0.15, 0.2) is 30.5 Å². The number of aromatic nitrogens is 1. The van der Waals surface area contributed by atoms with E-state index in [1.807, 2.05) is 0 Å². The number of aliphatic carboxylic acids is 1. The lowest BCUT2D eigenvalue weighted by atomic mass is 9.90. The number of likely N-dealkylation sites (tertiary alicyclic amines) is 1. The number of carboxylic acid groups (broad SMARTS) is 1. The summed E-state index contributed by atoms with van der Waals surface area (Å²) in [4.78, 5) is 30.0. The molecule has 1 saturated heterocycles. The van der Waals surface area contributed by atoms with Gasteiger partial charge in [0.1, 0.15) is 10.7 Å². The second kappa shape index (κ2) is 6.32. The second-order valence-corrected chi connectivity index (χ2v) is 7.34. The number of hydrogen-bond donors (Lipinski definition) is 1. The molecule has 1 atom stereocenters. The van der Waals surface area contributed by atoms with Crippen molar-refractivity contribution in [3.8, 4) is 0 Å². The molecule has 0 saturated carbocycles. The third kappa shape index (κ3) is 3.17. The number of benzene rings is 1. The quantitative estimate of drug-likeness (QED) is 0.922. The number of carbonyl (C=O) groups excluding carboxylic acids is 1. The van der Waals surface area contributed by atoms with Gasteiger partial charge >= 0.3 is 5.97 Å². The molecule has 126 valence electrons. The lowest BCUT2D eigenvalue weighted by Gasteiger charge is -2.19. The number of amides is 1. The molecule has 0 bridgehead atoms. The Bertz CT molecular complexity index is 792. The first kappa shape index (κ1) is 16.6. The van der Waals surface area contributed by atoms with Gasteiger partial charge in [-0.1, -0.05) is 18.2 Å². The molecule has 24 heavy (non-hydrogen) atoms. The maximum absolute atomic E-state index is 13.7. The fourth-order valence-corrected chi connectivity index (χ4v) is 3.67. The van der Waals surface area contributed by atoms with Gasteiger partial charge in [0.05, 0.1) is 16.6 Å². The summed E-state index contributed by atoms with van der Waals surface area (Å²) in [5, 5.41) is 9.91. The molecular weight excluding hydrogens is 331 g/mol. The third-order valence-corrected chi connectivity index (χ3v) is 5.33. The molecule has 7 heteroatoms. The molecule has 3 rings (SSSR count). The molecule has 1 unspecified atom stereocenters. The van der Waals surface area contributed by atoms with Crippen molar-refractivity contribution in [2.45, 2.75) is 19.8 Å². The zero-order chi connectivity index (χ0) is 17.3. The number of carbonyl (C=O) groups is 2. The summed E-state index contributed by atoms with van der Waals surface area (Å²) >= 11 is 1.22. The summed E-state index contributed by atoms with van der Waals surface area (Å²) < 4.78 is 13.7. The van der Waals surface area contributed by atoms with Crippen LogP contribution in [-0.2, 0) is 11.2 Å². The summed E-state index contributed by atoms with van der Waals surface area (Å²) in [7, 11) is 0. The minimum Gasteiger partial charge on any atom is -0.481 e. The van der Waals surface area contributed by atoms with Gasteiger partial charge in [0.15, 0.2) is 0 Å². The maximum Gasteiger partial charge on any atom is 0.311 e. The highest BCUT2D eigenvalue weighted by Crippen LogP contribution is 2.31. The van der Waals surface area contributed by atoms with Gasteiger partial charge in [-0.2, -0.15) is 0 Å². The average molecular weight is 348 g/mol. The van der Waals surface area contributed by atoms with Crippen LogP contribution >= 0.6 is 11.3 Å². The molecule has 1 aliphatic rings. The molecule has 2 heterocycles. The molecule has 1 aromatic carbocycles. The van der Waals surface area contributed by atoms with Gasteiger partial charge in [0.25, 0.3) is 5.91 Å². The number of carboxylic acids is 1. The van der Waals surface area contributed by atoms with Crippen molar-refractivity contribution in [2.24, 2.45) is 5.41 Å². The first-order valence-corrected chi connectivity index (χ1v) is 8.41. The molecule has 0 aliphatic carbocycles. The molecule has 1 amide bonds. The monoisotopic (exact) mass is 348 g/mol. The van der Waals surface area contributed by atoms with Gasteiger partial charge in [0.2, 0.25) is 0 Å².